The number of likely N-dealkylation sites (tertiary alicyclic amines) is 1. The van der Waals surface area contributed by atoms with Gasteiger partial charge in [-0.2, -0.15) is 0 Å². The van der Waals surface area contributed by atoms with E-state index < -0.39 is 17.7 Å². The van der Waals surface area contributed by atoms with Crippen molar-refractivity contribution in [2.24, 2.45) is 0 Å². The number of amides is 1. The lowest BCUT2D eigenvalue weighted by molar-refractivity contribution is -0.139. The minimum atomic E-state index is -0.758. The van der Waals surface area contributed by atoms with E-state index in [0.717, 1.165) is 5.56 Å². The number of aryl methyl sites for hydroxylation is 1. The number of methoxy groups -OCH3 is 2. The van der Waals surface area contributed by atoms with Crippen molar-refractivity contribution in [3.63, 3.8) is 0 Å². The molecular formula is C21H21NO5. The number of hydrogen-bond donors (Lipinski definition) is 1. The number of para-hydroxylation sites is 1. The Labute approximate surface area is 157 Å². The van der Waals surface area contributed by atoms with Crippen LogP contribution in [0.25, 0.3) is 5.76 Å². The molecule has 1 saturated heterocycles. The third-order valence-corrected chi connectivity index (χ3v) is 4.72. The smallest absolute Gasteiger partial charge is 0.295 e. The number of ether oxygens (including phenoxy) is 2. The summed E-state index contributed by atoms with van der Waals surface area (Å²) in [6.07, 6.45) is 0. The average Bonchev–Trinajstić information content (AvgIpc) is 2.91. The molecule has 0 radical (unpaired) electrons. The highest BCUT2D eigenvalue weighted by atomic mass is 16.5. The van der Waals surface area contributed by atoms with Gasteiger partial charge in [-0.25, -0.2) is 0 Å². The van der Waals surface area contributed by atoms with Crippen LogP contribution < -0.4 is 9.47 Å². The Morgan fingerprint density at radius 2 is 1.70 bits per heavy atom. The summed E-state index contributed by atoms with van der Waals surface area (Å²) in [4.78, 5) is 26.4. The maximum Gasteiger partial charge on any atom is 0.295 e. The first-order chi connectivity index (χ1) is 12.9. The highest BCUT2D eigenvalue weighted by Crippen LogP contribution is 2.42. The van der Waals surface area contributed by atoms with Crippen LogP contribution in [0.3, 0.4) is 0 Å². The van der Waals surface area contributed by atoms with E-state index >= 15 is 0 Å². The number of carbonyl (C=O) groups is 2. The van der Waals surface area contributed by atoms with Crippen LogP contribution >= 0.6 is 0 Å². The molecule has 1 aliphatic rings. The summed E-state index contributed by atoms with van der Waals surface area (Å²) in [7, 11) is 4.53. The van der Waals surface area contributed by atoms with E-state index in [1.165, 1.54) is 26.2 Å². The van der Waals surface area contributed by atoms with Crippen molar-refractivity contribution in [2.45, 2.75) is 13.0 Å². The Kier molecular flexibility index (Phi) is 4.90. The maximum absolute atomic E-state index is 12.7. The second kappa shape index (κ2) is 7.15. The fourth-order valence-electron chi connectivity index (χ4n) is 3.36. The molecular weight excluding hydrogens is 346 g/mol. The lowest BCUT2D eigenvalue weighted by Crippen LogP contribution is -2.25. The van der Waals surface area contributed by atoms with Gasteiger partial charge < -0.3 is 19.5 Å². The normalized spacial score (nSPS) is 18.7. The number of ketones is 1. The van der Waals surface area contributed by atoms with Gasteiger partial charge in [-0.3, -0.25) is 9.59 Å². The Morgan fingerprint density at radius 3 is 2.37 bits per heavy atom. The zero-order chi connectivity index (χ0) is 19.7. The van der Waals surface area contributed by atoms with Gasteiger partial charge >= 0.3 is 0 Å². The molecule has 1 heterocycles. The van der Waals surface area contributed by atoms with Gasteiger partial charge in [0.25, 0.3) is 11.7 Å². The van der Waals surface area contributed by atoms with Crippen molar-refractivity contribution in [3.05, 3.63) is 64.7 Å². The summed E-state index contributed by atoms with van der Waals surface area (Å²) >= 11 is 0. The van der Waals surface area contributed by atoms with Gasteiger partial charge in [-0.15, -0.1) is 0 Å². The largest absolute Gasteiger partial charge is 0.507 e. The van der Waals surface area contributed by atoms with Gasteiger partial charge in [-0.1, -0.05) is 29.8 Å². The number of Topliss-reactive ketones (excluding diaryl/α,β-unsaturated/α-hetero) is 1. The quantitative estimate of drug-likeness (QED) is 0.511. The second-order valence-electron chi connectivity index (χ2n) is 6.36. The zero-order valence-electron chi connectivity index (χ0n) is 15.6. The van der Waals surface area contributed by atoms with Crippen molar-refractivity contribution in [2.75, 3.05) is 21.3 Å². The third-order valence-electron chi connectivity index (χ3n) is 4.72. The molecule has 1 aliphatic heterocycles. The first-order valence-corrected chi connectivity index (χ1v) is 8.43. The van der Waals surface area contributed by atoms with Gasteiger partial charge in [-0.05, 0) is 25.1 Å². The van der Waals surface area contributed by atoms with Gasteiger partial charge in [0.15, 0.2) is 0 Å². The molecule has 1 N–H and O–H groups in total. The topological polar surface area (TPSA) is 76.1 Å². The number of aliphatic hydroxyl groups is 1. The monoisotopic (exact) mass is 367 g/mol. The molecule has 1 fully saturated rings. The van der Waals surface area contributed by atoms with Crippen LogP contribution in [0.4, 0.5) is 0 Å². The number of benzene rings is 2. The Bertz CT molecular complexity index is 947. The molecule has 0 saturated carbocycles. The summed E-state index contributed by atoms with van der Waals surface area (Å²) in [5.74, 6) is -0.750. The first-order valence-electron chi connectivity index (χ1n) is 8.43. The fraction of sp³-hybridized carbons (Fsp3) is 0.238. The third kappa shape index (κ3) is 3.03. The van der Waals surface area contributed by atoms with Crippen LogP contribution in [0.5, 0.6) is 11.5 Å². The number of nitrogens with zero attached hydrogens (tertiary/aromatic N) is 1. The van der Waals surface area contributed by atoms with E-state index in [9.17, 15) is 14.7 Å². The maximum atomic E-state index is 12.7. The molecule has 0 bridgehead atoms. The molecule has 1 amide bonds. The van der Waals surface area contributed by atoms with Crippen LogP contribution in [0, 0.1) is 6.92 Å². The average molecular weight is 367 g/mol. The minimum absolute atomic E-state index is 0.0101. The molecule has 0 spiro atoms. The molecule has 140 valence electrons. The molecule has 6 heteroatoms. The highest BCUT2D eigenvalue weighted by molar-refractivity contribution is 6.46. The molecule has 27 heavy (non-hydrogen) atoms. The van der Waals surface area contributed by atoms with Crippen LogP contribution in [0.1, 0.15) is 22.7 Å². The molecule has 6 nitrogen and oxygen atoms in total. The van der Waals surface area contributed by atoms with Crippen LogP contribution in [-0.4, -0.2) is 43.0 Å². The number of likely N-dealkylation sites (N-methyl/N-ethyl adjacent to an activating group) is 1. The van der Waals surface area contributed by atoms with Crippen molar-refractivity contribution in [3.8, 4) is 11.5 Å². The molecule has 0 aromatic heterocycles. The summed E-state index contributed by atoms with van der Waals surface area (Å²) in [6, 6.07) is 11.6. The lowest BCUT2D eigenvalue weighted by atomic mass is 9.94. The highest BCUT2D eigenvalue weighted by Gasteiger charge is 2.45. The number of hydrogen-bond acceptors (Lipinski definition) is 5. The Hall–Kier alpha value is -3.28. The van der Waals surface area contributed by atoms with E-state index in [1.54, 1.807) is 36.4 Å². The van der Waals surface area contributed by atoms with Crippen molar-refractivity contribution in [1.82, 2.24) is 4.90 Å². The van der Waals surface area contributed by atoms with E-state index in [1.807, 2.05) is 13.0 Å². The molecule has 2 aromatic carbocycles. The molecule has 2 aromatic rings. The predicted molar refractivity (Wildman–Crippen MR) is 101 cm³/mol. The summed E-state index contributed by atoms with van der Waals surface area (Å²) in [5, 5.41) is 11.0. The molecule has 0 aliphatic carbocycles. The van der Waals surface area contributed by atoms with E-state index in [-0.39, 0.29) is 11.3 Å². The Morgan fingerprint density at radius 1 is 1.04 bits per heavy atom. The van der Waals surface area contributed by atoms with Crippen molar-refractivity contribution in [1.29, 1.82) is 0 Å². The van der Waals surface area contributed by atoms with Crippen LogP contribution in [0.2, 0.25) is 0 Å². The van der Waals surface area contributed by atoms with Crippen molar-refractivity contribution < 1.29 is 24.2 Å². The van der Waals surface area contributed by atoms with Crippen LogP contribution in [-0.2, 0) is 9.59 Å². The van der Waals surface area contributed by atoms with Crippen LogP contribution in [0.15, 0.2) is 48.0 Å². The van der Waals surface area contributed by atoms with Gasteiger partial charge in [0.2, 0.25) is 0 Å². The molecule has 3 rings (SSSR count). The second-order valence-corrected chi connectivity index (χ2v) is 6.36. The van der Waals surface area contributed by atoms with E-state index in [0.29, 0.717) is 22.6 Å². The molecule has 1 atom stereocenters. The SMILES string of the molecule is COc1ccc(C)cc1/C(O)=C1\C(=O)C(=O)N(C)C1c1ccccc1OC. The number of carbonyl (C=O) groups excluding carboxylic acids is 2. The van der Waals surface area contributed by atoms with Gasteiger partial charge in [0.1, 0.15) is 17.3 Å². The first kappa shape index (κ1) is 18.5. The number of aliphatic hydroxyl groups excluding tert-OH is 1. The predicted octanol–water partition coefficient (Wildman–Crippen LogP) is 3.06. The van der Waals surface area contributed by atoms with Crippen molar-refractivity contribution >= 4 is 17.4 Å². The fourth-order valence-corrected chi connectivity index (χ4v) is 3.36. The summed E-state index contributed by atoms with van der Waals surface area (Å²) in [6.45, 7) is 1.87. The van der Waals surface area contributed by atoms with E-state index in [4.69, 9.17) is 9.47 Å². The minimum Gasteiger partial charge on any atom is -0.507 e. The van der Waals surface area contributed by atoms with Gasteiger partial charge in [0.05, 0.1) is 31.4 Å². The zero-order valence-corrected chi connectivity index (χ0v) is 15.6. The summed E-state index contributed by atoms with van der Waals surface area (Å²) in [5.41, 5.74) is 1.88. The molecule has 1 unspecified atom stereocenters. The standard InChI is InChI=1S/C21H21NO5/c1-12-9-10-16(27-4)14(11-12)19(23)17-18(22(2)21(25)20(17)24)13-7-5-6-8-15(13)26-3/h5-11,18,23H,1-4H3/b19-17+. The van der Waals surface area contributed by atoms with E-state index in [2.05, 4.69) is 0 Å². The Balaban J connectivity index is 2.27. The summed E-state index contributed by atoms with van der Waals surface area (Å²) < 4.78 is 10.7. The van der Waals surface area contributed by atoms with Gasteiger partial charge in [0, 0.05) is 12.6 Å². The number of rotatable bonds is 4. The lowest BCUT2D eigenvalue weighted by Gasteiger charge is -2.23.